The second kappa shape index (κ2) is 10.2. The smallest absolute Gasteiger partial charge is 0.344 e. The molecule has 138 valence electrons. The predicted molar refractivity (Wildman–Crippen MR) is 100 cm³/mol. The maximum atomic E-state index is 12.1. The molecule has 2 aromatic rings. The molecule has 0 aliphatic carbocycles. The zero-order chi connectivity index (χ0) is 18.8. The summed E-state index contributed by atoms with van der Waals surface area (Å²) in [4.78, 5) is 23.7. The van der Waals surface area contributed by atoms with Crippen LogP contribution in [0.1, 0.15) is 36.2 Å². The molecule has 0 aromatic heterocycles. The SMILES string of the molecule is CC[C@H](C)OC(=O)COc1ccc(C(=O)NCCc2ccccc2)cc1. The minimum absolute atomic E-state index is 0.118. The summed E-state index contributed by atoms with van der Waals surface area (Å²) in [6.07, 6.45) is 1.43. The number of carbonyl (C=O) groups excluding carboxylic acids is 2. The fraction of sp³-hybridized carbons (Fsp3) is 0.333. The zero-order valence-corrected chi connectivity index (χ0v) is 15.2. The standard InChI is InChI=1S/C21H25NO4/c1-3-16(2)26-20(23)15-25-19-11-9-18(10-12-19)21(24)22-14-13-17-7-5-4-6-8-17/h4-12,16H,3,13-15H2,1-2H3,(H,22,24)/t16-/m0/s1. The molecule has 0 aliphatic rings. The van der Waals surface area contributed by atoms with E-state index >= 15 is 0 Å². The lowest BCUT2D eigenvalue weighted by atomic mass is 10.1. The maximum absolute atomic E-state index is 12.1. The summed E-state index contributed by atoms with van der Waals surface area (Å²) < 4.78 is 10.5. The van der Waals surface area contributed by atoms with E-state index in [1.807, 2.05) is 44.2 Å². The van der Waals surface area contributed by atoms with Crippen LogP contribution in [0.5, 0.6) is 5.75 Å². The molecule has 5 heteroatoms. The van der Waals surface area contributed by atoms with Crippen LogP contribution in [0.2, 0.25) is 0 Å². The van der Waals surface area contributed by atoms with Crippen LogP contribution >= 0.6 is 0 Å². The predicted octanol–water partition coefficient (Wildman–Crippen LogP) is 3.38. The number of benzene rings is 2. The van der Waals surface area contributed by atoms with Gasteiger partial charge in [0.15, 0.2) is 6.61 Å². The number of amides is 1. The third-order valence-corrected chi connectivity index (χ3v) is 3.92. The van der Waals surface area contributed by atoms with Crippen LogP contribution in [0, 0.1) is 0 Å². The average Bonchev–Trinajstić information content (AvgIpc) is 2.67. The maximum Gasteiger partial charge on any atom is 0.344 e. The Hall–Kier alpha value is -2.82. The fourth-order valence-corrected chi connectivity index (χ4v) is 2.25. The first kappa shape index (κ1) is 19.5. The highest BCUT2D eigenvalue weighted by Gasteiger charge is 2.09. The van der Waals surface area contributed by atoms with Gasteiger partial charge < -0.3 is 14.8 Å². The number of hydrogen-bond acceptors (Lipinski definition) is 4. The summed E-state index contributed by atoms with van der Waals surface area (Å²) in [5.74, 6) is -0.0160. The van der Waals surface area contributed by atoms with Gasteiger partial charge >= 0.3 is 5.97 Å². The van der Waals surface area contributed by atoms with Crippen molar-refractivity contribution in [3.8, 4) is 5.75 Å². The second-order valence-electron chi connectivity index (χ2n) is 6.01. The molecule has 0 bridgehead atoms. The second-order valence-corrected chi connectivity index (χ2v) is 6.01. The van der Waals surface area contributed by atoms with E-state index in [4.69, 9.17) is 9.47 Å². The van der Waals surface area contributed by atoms with Crippen LogP contribution in [0.4, 0.5) is 0 Å². The average molecular weight is 355 g/mol. The van der Waals surface area contributed by atoms with Crippen LogP contribution < -0.4 is 10.1 Å². The molecule has 0 heterocycles. The molecule has 0 aliphatic heterocycles. The summed E-state index contributed by atoms with van der Waals surface area (Å²) in [6.45, 7) is 4.21. The number of esters is 1. The van der Waals surface area contributed by atoms with Crippen LogP contribution in [-0.4, -0.2) is 31.1 Å². The van der Waals surface area contributed by atoms with Crippen molar-refractivity contribution >= 4 is 11.9 Å². The van der Waals surface area contributed by atoms with Crippen molar-refractivity contribution in [2.75, 3.05) is 13.2 Å². The highest BCUT2D eigenvalue weighted by molar-refractivity contribution is 5.94. The van der Waals surface area contributed by atoms with Gasteiger partial charge in [-0.05, 0) is 49.6 Å². The van der Waals surface area contributed by atoms with E-state index < -0.39 is 5.97 Å². The minimum Gasteiger partial charge on any atom is -0.482 e. The highest BCUT2D eigenvalue weighted by Crippen LogP contribution is 2.12. The third kappa shape index (κ3) is 6.59. The van der Waals surface area contributed by atoms with Crippen molar-refractivity contribution in [1.82, 2.24) is 5.32 Å². The monoisotopic (exact) mass is 355 g/mol. The lowest BCUT2D eigenvalue weighted by Crippen LogP contribution is -2.25. The minimum atomic E-state index is -0.401. The Morgan fingerprint density at radius 1 is 1.04 bits per heavy atom. The zero-order valence-electron chi connectivity index (χ0n) is 15.2. The van der Waals surface area contributed by atoms with Gasteiger partial charge in [0.25, 0.3) is 5.91 Å². The van der Waals surface area contributed by atoms with E-state index in [1.165, 1.54) is 5.56 Å². The molecule has 2 aromatic carbocycles. The lowest BCUT2D eigenvalue weighted by molar-refractivity contribution is -0.150. The summed E-state index contributed by atoms with van der Waals surface area (Å²) in [7, 11) is 0. The Kier molecular flexibility index (Phi) is 7.68. The largest absolute Gasteiger partial charge is 0.482 e. The Bertz CT molecular complexity index is 698. The lowest BCUT2D eigenvalue weighted by Gasteiger charge is -2.11. The van der Waals surface area contributed by atoms with Gasteiger partial charge in [0.2, 0.25) is 0 Å². The molecule has 26 heavy (non-hydrogen) atoms. The summed E-state index contributed by atoms with van der Waals surface area (Å²) >= 11 is 0. The first-order valence-electron chi connectivity index (χ1n) is 8.83. The molecule has 0 radical (unpaired) electrons. The highest BCUT2D eigenvalue weighted by atomic mass is 16.6. The molecule has 0 saturated carbocycles. The van der Waals surface area contributed by atoms with E-state index in [2.05, 4.69) is 5.32 Å². The topological polar surface area (TPSA) is 64.6 Å². The van der Waals surface area contributed by atoms with Crippen LogP contribution in [-0.2, 0) is 16.0 Å². The van der Waals surface area contributed by atoms with Crippen LogP contribution in [0.3, 0.4) is 0 Å². The van der Waals surface area contributed by atoms with Gasteiger partial charge in [-0.1, -0.05) is 37.3 Å². The molecule has 1 amide bonds. The van der Waals surface area contributed by atoms with Gasteiger partial charge in [-0.25, -0.2) is 4.79 Å². The van der Waals surface area contributed by atoms with E-state index in [9.17, 15) is 9.59 Å². The van der Waals surface area contributed by atoms with Crippen LogP contribution in [0.15, 0.2) is 54.6 Å². The number of rotatable bonds is 9. The van der Waals surface area contributed by atoms with Crippen molar-refractivity contribution in [3.05, 3.63) is 65.7 Å². The van der Waals surface area contributed by atoms with Crippen molar-refractivity contribution < 1.29 is 19.1 Å². The summed E-state index contributed by atoms with van der Waals surface area (Å²) in [5.41, 5.74) is 1.73. The van der Waals surface area contributed by atoms with Crippen LogP contribution in [0.25, 0.3) is 0 Å². The first-order chi connectivity index (χ1) is 12.6. The Morgan fingerprint density at radius 2 is 1.73 bits per heavy atom. The van der Waals surface area contributed by atoms with Gasteiger partial charge in [-0.2, -0.15) is 0 Å². The van der Waals surface area contributed by atoms with Crippen molar-refractivity contribution in [2.45, 2.75) is 32.8 Å². The molecule has 2 rings (SSSR count). The molecule has 0 unspecified atom stereocenters. The quantitative estimate of drug-likeness (QED) is 0.701. The Balaban J connectivity index is 1.75. The van der Waals surface area contributed by atoms with Crippen molar-refractivity contribution in [1.29, 1.82) is 0 Å². The number of ether oxygens (including phenoxy) is 2. The summed E-state index contributed by atoms with van der Waals surface area (Å²) in [5, 5.41) is 2.89. The molecular formula is C21H25NO4. The molecule has 1 N–H and O–H groups in total. The van der Waals surface area contributed by atoms with Gasteiger partial charge in [-0.15, -0.1) is 0 Å². The number of hydrogen-bond donors (Lipinski definition) is 1. The van der Waals surface area contributed by atoms with Gasteiger partial charge in [0, 0.05) is 12.1 Å². The first-order valence-corrected chi connectivity index (χ1v) is 8.83. The number of nitrogens with one attached hydrogen (secondary N) is 1. The number of carbonyl (C=O) groups is 2. The van der Waals surface area contributed by atoms with E-state index in [-0.39, 0.29) is 18.6 Å². The molecule has 1 atom stereocenters. The van der Waals surface area contributed by atoms with E-state index in [0.29, 0.717) is 17.9 Å². The van der Waals surface area contributed by atoms with E-state index in [1.54, 1.807) is 24.3 Å². The van der Waals surface area contributed by atoms with Gasteiger partial charge in [-0.3, -0.25) is 4.79 Å². The molecule has 5 nitrogen and oxygen atoms in total. The molecule has 0 saturated heterocycles. The molecular weight excluding hydrogens is 330 g/mol. The third-order valence-electron chi connectivity index (χ3n) is 3.92. The molecule has 0 fully saturated rings. The summed E-state index contributed by atoms with van der Waals surface area (Å²) in [6, 6.07) is 16.7. The Labute approximate surface area is 154 Å². The van der Waals surface area contributed by atoms with Gasteiger partial charge in [0.05, 0.1) is 6.10 Å². The van der Waals surface area contributed by atoms with Gasteiger partial charge in [0.1, 0.15) is 5.75 Å². The van der Waals surface area contributed by atoms with Crippen molar-refractivity contribution in [2.24, 2.45) is 0 Å². The molecule has 0 spiro atoms. The normalized spacial score (nSPS) is 11.5. The van der Waals surface area contributed by atoms with Crippen molar-refractivity contribution in [3.63, 3.8) is 0 Å². The fourth-order valence-electron chi connectivity index (χ4n) is 2.25. The van der Waals surface area contributed by atoms with E-state index in [0.717, 1.165) is 12.8 Å². The Morgan fingerprint density at radius 3 is 2.38 bits per heavy atom.